The van der Waals surface area contributed by atoms with E-state index >= 15 is 0 Å². The zero-order chi connectivity index (χ0) is 17.3. The number of hydrogen-bond donors (Lipinski definition) is 2. The first-order valence-electron chi connectivity index (χ1n) is 8.00. The molecule has 2 atom stereocenters. The predicted molar refractivity (Wildman–Crippen MR) is 90.4 cm³/mol. The fraction of sp³-hybridized carbons (Fsp3) is 0.471. The van der Waals surface area contributed by atoms with Crippen LogP contribution in [0.25, 0.3) is 0 Å². The number of halogens is 1. The van der Waals surface area contributed by atoms with E-state index in [1.54, 1.807) is 23.1 Å². The van der Waals surface area contributed by atoms with Gasteiger partial charge in [-0.15, -0.1) is 0 Å². The third kappa shape index (κ3) is 3.77. The Bertz CT molecular complexity index is 674. The maximum absolute atomic E-state index is 12.3. The zero-order valence-corrected chi connectivity index (χ0v) is 14.7. The standard InChI is InChI=1S/C17H19BrN2O4/c18-12-3-1-2-11(6-12)16(22)19-7-15(21)20-8-13(10-4-5-10)14(9-20)17(23)24/h1-3,6,10,13-14H,4-5,7-9H2,(H,19,22)(H,23,24)/t13-,14+/m1/s1. The Labute approximate surface area is 148 Å². The van der Waals surface area contributed by atoms with Gasteiger partial charge in [0.1, 0.15) is 0 Å². The lowest BCUT2D eigenvalue weighted by Gasteiger charge is -2.16. The highest BCUT2D eigenvalue weighted by Crippen LogP contribution is 2.44. The molecular formula is C17H19BrN2O4. The van der Waals surface area contributed by atoms with Crippen LogP contribution in [0.5, 0.6) is 0 Å². The quantitative estimate of drug-likeness (QED) is 0.796. The Morgan fingerprint density at radius 1 is 1.25 bits per heavy atom. The number of aliphatic carboxylic acids is 1. The summed E-state index contributed by atoms with van der Waals surface area (Å²) in [4.78, 5) is 37.3. The lowest BCUT2D eigenvalue weighted by atomic mass is 9.92. The molecule has 2 N–H and O–H groups in total. The molecule has 7 heteroatoms. The van der Waals surface area contributed by atoms with Gasteiger partial charge in [0, 0.05) is 23.1 Å². The van der Waals surface area contributed by atoms with Gasteiger partial charge in [0.2, 0.25) is 5.91 Å². The van der Waals surface area contributed by atoms with Gasteiger partial charge in [-0.05, 0) is 42.9 Å². The number of amides is 2. The number of nitrogens with one attached hydrogen (secondary N) is 1. The van der Waals surface area contributed by atoms with E-state index in [0.717, 1.165) is 17.3 Å². The zero-order valence-electron chi connectivity index (χ0n) is 13.1. The lowest BCUT2D eigenvalue weighted by molar-refractivity contribution is -0.142. The third-order valence-corrected chi connectivity index (χ3v) is 5.24. The molecule has 0 spiro atoms. The molecule has 1 aromatic carbocycles. The maximum atomic E-state index is 12.3. The van der Waals surface area contributed by atoms with E-state index in [4.69, 9.17) is 0 Å². The molecule has 1 saturated heterocycles. The average Bonchev–Trinajstić information content (AvgIpc) is 3.30. The van der Waals surface area contributed by atoms with Crippen molar-refractivity contribution in [2.75, 3.05) is 19.6 Å². The second-order valence-electron chi connectivity index (χ2n) is 6.44. The molecule has 128 valence electrons. The van der Waals surface area contributed by atoms with E-state index in [0.29, 0.717) is 18.0 Å². The molecule has 1 aliphatic heterocycles. The van der Waals surface area contributed by atoms with Gasteiger partial charge in [-0.2, -0.15) is 0 Å². The highest BCUT2D eigenvalue weighted by Gasteiger charge is 2.46. The molecule has 2 fully saturated rings. The first-order valence-corrected chi connectivity index (χ1v) is 8.79. The molecule has 2 aliphatic rings. The predicted octanol–water partition coefficient (Wildman–Crippen LogP) is 1.75. The van der Waals surface area contributed by atoms with E-state index < -0.39 is 11.9 Å². The van der Waals surface area contributed by atoms with Crippen LogP contribution < -0.4 is 5.32 Å². The Balaban J connectivity index is 1.55. The number of rotatable bonds is 5. The second-order valence-corrected chi connectivity index (χ2v) is 7.35. The number of carbonyl (C=O) groups is 3. The summed E-state index contributed by atoms with van der Waals surface area (Å²) in [7, 11) is 0. The number of carboxylic acid groups (broad SMARTS) is 1. The summed E-state index contributed by atoms with van der Waals surface area (Å²) in [6.45, 7) is 0.602. The lowest BCUT2D eigenvalue weighted by Crippen LogP contribution is -2.39. The van der Waals surface area contributed by atoms with Crippen molar-refractivity contribution >= 4 is 33.7 Å². The topological polar surface area (TPSA) is 86.7 Å². The molecule has 1 saturated carbocycles. The second kappa shape index (κ2) is 6.93. The third-order valence-electron chi connectivity index (χ3n) is 4.75. The Morgan fingerprint density at radius 3 is 2.62 bits per heavy atom. The Kier molecular flexibility index (Phi) is 4.89. The van der Waals surface area contributed by atoms with Crippen LogP contribution in [0.1, 0.15) is 23.2 Å². The molecule has 1 aromatic rings. The summed E-state index contributed by atoms with van der Waals surface area (Å²) in [5, 5.41) is 11.9. The molecular weight excluding hydrogens is 376 g/mol. The van der Waals surface area contributed by atoms with Crippen molar-refractivity contribution in [3.63, 3.8) is 0 Å². The number of carboxylic acids is 1. The van der Waals surface area contributed by atoms with Gasteiger partial charge in [-0.1, -0.05) is 22.0 Å². The largest absolute Gasteiger partial charge is 0.481 e. The van der Waals surface area contributed by atoms with Crippen LogP contribution in [-0.4, -0.2) is 47.4 Å². The summed E-state index contributed by atoms with van der Waals surface area (Å²) < 4.78 is 0.789. The fourth-order valence-corrected chi connectivity index (χ4v) is 3.69. The molecule has 1 aliphatic carbocycles. The van der Waals surface area contributed by atoms with Crippen LogP contribution in [0.4, 0.5) is 0 Å². The Morgan fingerprint density at radius 2 is 2.00 bits per heavy atom. The van der Waals surface area contributed by atoms with Crippen molar-refractivity contribution < 1.29 is 19.5 Å². The van der Waals surface area contributed by atoms with Crippen molar-refractivity contribution in [2.45, 2.75) is 12.8 Å². The SMILES string of the molecule is O=C(NCC(=O)N1C[C@H](C(=O)O)[C@@H](C2CC2)C1)c1cccc(Br)c1. The molecule has 24 heavy (non-hydrogen) atoms. The van der Waals surface area contributed by atoms with E-state index in [2.05, 4.69) is 21.2 Å². The van der Waals surface area contributed by atoms with Crippen molar-refractivity contribution in [2.24, 2.45) is 17.8 Å². The normalized spacial score (nSPS) is 23.1. The van der Waals surface area contributed by atoms with Gasteiger partial charge in [0.25, 0.3) is 5.91 Å². The van der Waals surface area contributed by atoms with Gasteiger partial charge in [0.15, 0.2) is 0 Å². The highest BCUT2D eigenvalue weighted by atomic mass is 79.9. The molecule has 1 heterocycles. The minimum absolute atomic E-state index is 0.0484. The van der Waals surface area contributed by atoms with Crippen LogP contribution >= 0.6 is 15.9 Å². The van der Waals surface area contributed by atoms with Crippen molar-refractivity contribution in [1.29, 1.82) is 0 Å². The van der Waals surface area contributed by atoms with Gasteiger partial charge < -0.3 is 15.3 Å². The van der Waals surface area contributed by atoms with Crippen LogP contribution in [0, 0.1) is 17.8 Å². The number of benzene rings is 1. The number of likely N-dealkylation sites (tertiary alicyclic amines) is 1. The van der Waals surface area contributed by atoms with Crippen LogP contribution in [0.2, 0.25) is 0 Å². The summed E-state index contributed by atoms with van der Waals surface area (Å²) in [5.41, 5.74) is 0.470. The molecule has 3 rings (SSSR count). The number of carbonyl (C=O) groups excluding carboxylic acids is 2. The maximum Gasteiger partial charge on any atom is 0.308 e. The minimum Gasteiger partial charge on any atom is -0.481 e. The Hall–Kier alpha value is -1.89. The molecule has 0 bridgehead atoms. The summed E-state index contributed by atoms with van der Waals surface area (Å²) in [5.74, 6) is -1.39. The van der Waals surface area contributed by atoms with Crippen molar-refractivity contribution in [1.82, 2.24) is 10.2 Å². The monoisotopic (exact) mass is 394 g/mol. The van der Waals surface area contributed by atoms with E-state index in [9.17, 15) is 19.5 Å². The fourth-order valence-electron chi connectivity index (χ4n) is 3.30. The summed E-state index contributed by atoms with van der Waals surface area (Å²) in [6.07, 6.45) is 2.10. The van der Waals surface area contributed by atoms with E-state index in [-0.39, 0.29) is 30.8 Å². The molecule has 2 amide bonds. The number of hydrogen-bond acceptors (Lipinski definition) is 3. The van der Waals surface area contributed by atoms with Gasteiger partial charge in [-0.25, -0.2) is 0 Å². The van der Waals surface area contributed by atoms with Crippen LogP contribution in [-0.2, 0) is 9.59 Å². The van der Waals surface area contributed by atoms with Crippen molar-refractivity contribution in [3.8, 4) is 0 Å². The first-order chi connectivity index (χ1) is 11.5. The van der Waals surface area contributed by atoms with E-state index in [1.807, 2.05) is 6.07 Å². The highest BCUT2D eigenvalue weighted by molar-refractivity contribution is 9.10. The summed E-state index contributed by atoms with van der Waals surface area (Å²) >= 11 is 3.30. The number of nitrogens with zero attached hydrogens (tertiary/aromatic N) is 1. The molecule has 6 nitrogen and oxygen atoms in total. The summed E-state index contributed by atoms with van der Waals surface area (Å²) in [6, 6.07) is 6.92. The van der Waals surface area contributed by atoms with Crippen molar-refractivity contribution in [3.05, 3.63) is 34.3 Å². The van der Waals surface area contributed by atoms with Gasteiger partial charge in [0.05, 0.1) is 12.5 Å². The molecule has 0 radical (unpaired) electrons. The van der Waals surface area contributed by atoms with Crippen LogP contribution in [0.15, 0.2) is 28.7 Å². The van der Waals surface area contributed by atoms with Gasteiger partial charge >= 0.3 is 5.97 Å². The smallest absolute Gasteiger partial charge is 0.308 e. The minimum atomic E-state index is -0.833. The van der Waals surface area contributed by atoms with E-state index in [1.165, 1.54) is 0 Å². The molecule has 0 unspecified atom stereocenters. The average molecular weight is 395 g/mol. The van der Waals surface area contributed by atoms with Gasteiger partial charge in [-0.3, -0.25) is 14.4 Å². The molecule has 0 aromatic heterocycles. The van der Waals surface area contributed by atoms with Crippen LogP contribution in [0.3, 0.4) is 0 Å². The first kappa shape index (κ1) is 17.0.